The molecule has 27 heavy (non-hydrogen) atoms. The summed E-state index contributed by atoms with van der Waals surface area (Å²) in [5.41, 5.74) is -1.37. The summed E-state index contributed by atoms with van der Waals surface area (Å²) in [6.45, 7) is 4.28. The van der Waals surface area contributed by atoms with Crippen LogP contribution in [0.3, 0.4) is 0 Å². The predicted octanol–water partition coefficient (Wildman–Crippen LogP) is 3.55. The van der Waals surface area contributed by atoms with Gasteiger partial charge in [-0.1, -0.05) is 12.1 Å². The van der Waals surface area contributed by atoms with E-state index in [1.807, 2.05) is 0 Å². The number of likely N-dealkylation sites (tertiary alicyclic amines) is 1. The highest BCUT2D eigenvalue weighted by Gasteiger charge is 2.60. The number of amides is 2. The minimum atomic E-state index is -4.42. The maximum absolute atomic E-state index is 13.1. The summed E-state index contributed by atoms with van der Waals surface area (Å²) in [7, 11) is 0. The smallest absolute Gasteiger partial charge is 0.417 e. The van der Waals surface area contributed by atoms with Crippen LogP contribution in [0.15, 0.2) is 29.2 Å². The molecule has 9 heteroatoms. The molecule has 0 spiro atoms. The number of nitrogens with one attached hydrogen (secondary N) is 1. The van der Waals surface area contributed by atoms with Crippen molar-refractivity contribution in [2.75, 3.05) is 18.8 Å². The molecule has 5 nitrogen and oxygen atoms in total. The molecule has 1 saturated heterocycles. The first-order valence-corrected chi connectivity index (χ1v) is 9.57. The van der Waals surface area contributed by atoms with Crippen LogP contribution in [0.4, 0.5) is 18.0 Å². The third kappa shape index (κ3) is 4.34. The van der Waals surface area contributed by atoms with Gasteiger partial charge in [0.05, 0.1) is 5.56 Å². The number of benzene rings is 1. The van der Waals surface area contributed by atoms with Crippen LogP contribution in [0.1, 0.15) is 19.4 Å². The van der Waals surface area contributed by atoms with Gasteiger partial charge in [0.1, 0.15) is 0 Å². The molecule has 2 amide bonds. The van der Waals surface area contributed by atoms with E-state index in [0.717, 1.165) is 17.8 Å². The Hall–Kier alpha value is -1.90. The second-order valence-corrected chi connectivity index (χ2v) is 8.71. The lowest BCUT2D eigenvalue weighted by Gasteiger charge is -2.27. The van der Waals surface area contributed by atoms with E-state index in [9.17, 15) is 22.8 Å². The summed E-state index contributed by atoms with van der Waals surface area (Å²) in [6.07, 6.45) is -5.39. The summed E-state index contributed by atoms with van der Waals surface area (Å²) >= 11 is 1.06. The predicted molar refractivity (Wildman–Crippen MR) is 94.5 cm³/mol. The van der Waals surface area contributed by atoms with Crippen LogP contribution < -0.4 is 5.32 Å². The van der Waals surface area contributed by atoms with Gasteiger partial charge >= 0.3 is 12.3 Å². The van der Waals surface area contributed by atoms with Crippen LogP contribution >= 0.6 is 11.8 Å². The Morgan fingerprint density at radius 2 is 1.81 bits per heavy atom. The molecule has 1 aliphatic heterocycles. The standard InChI is InChI=1S/C18H21F3N2O3S/c1-17(2,9-27-13-6-4-3-5-12(13)18(19,20)21)22-15(24)14-10-7-23(16(25)26)8-11(10)14/h3-6,10-11,14H,7-9H2,1-2H3,(H,22,24)(H,25,26)/t10-,11+,14-. The fourth-order valence-electron chi connectivity index (χ4n) is 3.61. The number of carbonyl (C=O) groups is 2. The van der Waals surface area contributed by atoms with Crippen molar-refractivity contribution in [3.05, 3.63) is 29.8 Å². The minimum Gasteiger partial charge on any atom is -0.465 e. The molecular weight excluding hydrogens is 381 g/mol. The Morgan fingerprint density at radius 3 is 2.37 bits per heavy atom. The normalized spacial score (nSPS) is 24.5. The van der Waals surface area contributed by atoms with Gasteiger partial charge in [0.2, 0.25) is 5.91 Å². The van der Waals surface area contributed by atoms with Gasteiger partial charge in [0, 0.05) is 35.2 Å². The van der Waals surface area contributed by atoms with E-state index in [1.165, 1.54) is 17.0 Å². The van der Waals surface area contributed by atoms with Crippen LogP contribution in [-0.4, -0.2) is 46.4 Å². The third-order valence-corrected chi connectivity index (χ3v) is 6.54. The average Bonchev–Trinajstić information content (AvgIpc) is 3.06. The largest absolute Gasteiger partial charge is 0.465 e. The van der Waals surface area contributed by atoms with Crippen LogP contribution in [0.25, 0.3) is 0 Å². The highest BCUT2D eigenvalue weighted by atomic mass is 32.2. The van der Waals surface area contributed by atoms with Crippen LogP contribution in [0.2, 0.25) is 0 Å². The van der Waals surface area contributed by atoms with E-state index in [1.54, 1.807) is 19.9 Å². The van der Waals surface area contributed by atoms with Crippen LogP contribution in [0, 0.1) is 17.8 Å². The lowest BCUT2D eigenvalue weighted by atomic mass is 10.1. The number of hydrogen-bond donors (Lipinski definition) is 2. The number of alkyl halides is 3. The Balaban J connectivity index is 1.55. The molecule has 1 aliphatic carbocycles. The van der Waals surface area contributed by atoms with Crippen molar-refractivity contribution in [1.82, 2.24) is 10.2 Å². The second kappa shape index (κ2) is 6.92. The monoisotopic (exact) mass is 402 g/mol. The summed E-state index contributed by atoms with van der Waals surface area (Å²) in [4.78, 5) is 24.9. The number of halogens is 3. The molecule has 148 valence electrons. The summed E-state index contributed by atoms with van der Waals surface area (Å²) in [5, 5.41) is 11.9. The van der Waals surface area contributed by atoms with Gasteiger partial charge < -0.3 is 15.3 Å². The highest BCUT2D eigenvalue weighted by molar-refractivity contribution is 7.99. The zero-order valence-electron chi connectivity index (χ0n) is 14.9. The van der Waals surface area contributed by atoms with Gasteiger partial charge in [0.15, 0.2) is 0 Å². The zero-order valence-corrected chi connectivity index (χ0v) is 15.7. The van der Waals surface area contributed by atoms with Gasteiger partial charge in [0.25, 0.3) is 0 Å². The second-order valence-electron chi connectivity index (χ2n) is 7.70. The number of nitrogens with zero attached hydrogens (tertiary/aromatic N) is 1. The SMILES string of the molecule is CC(C)(CSc1ccccc1C(F)(F)F)NC(=O)[C@@H]1[C@@H]2CN(C(=O)O)C[C@@H]21. The lowest BCUT2D eigenvalue weighted by molar-refractivity contribution is -0.139. The van der Waals surface area contributed by atoms with Crippen molar-refractivity contribution in [2.24, 2.45) is 17.8 Å². The van der Waals surface area contributed by atoms with Gasteiger partial charge in [-0.25, -0.2) is 4.79 Å². The van der Waals surface area contributed by atoms with Crippen LogP contribution in [-0.2, 0) is 11.0 Å². The van der Waals surface area contributed by atoms with Crippen LogP contribution in [0.5, 0.6) is 0 Å². The number of hydrogen-bond acceptors (Lipinski definition) is 3. The Bertz CT molecular complexity index is 742. The Kier molecular flexibility index (Phi) is 5.09. The first-order chi connectivity index (χ1) is 12.5. The molecule has 1 saturated carbocycles. The maximum atomic E-state index is 13.1. The van der Waals surface area contributed by atoms with Crippen molar-refractivity contribution in [3.63, 3.8) is 0 Å². The number of carboxylic acid groups (broad SMARTS) is 1. The number of fused-ring (bicyclic) bond motifs is 1. The summed E-state index contributed by atoms with van der Waals surface area (Å²) in [5.74, 6) is 0.0397. The average molecular weight is 402 g/mol. The van der Waals surface area contributed by atoms with Crippen molar-refractivity contribution in [3.8, 4) is 0 Å². The molecular formula is C18H21F3N2O3S. The molecule has 0 unspecified atom stereocenters. The van der Waals surface area contributed by atoms with Crippen molar-refractivity contribution in [2.45, 2.75) is 30.5 Å². The molecule has 1 aromatic rings. The van der Waals surface area contributed by atoms with Gasteiger partial charge in [-0.15, -0.1) is 11.8 Å². The molecule has 1 heterocycles. The number of piperidine rings is 1. The molecule has 2 N–H and O–H groups in total. The molecule has 0 radical (unpaired) electrons. The first kappa shape index (κ1) is 19.9. The fraction of sp³-hybridized carbons (Fsp3) is 0.556. The van der Waals surface area contributed by atoms with Gasteiger partial charge in [-0.05, 0) is 37.8 Å². The number of carbonyl (C=O) groups excluding carboxylic acids is 1. The highest BCUT2D eigenvalue weighted by Crippen LogP contribution is 2.52. The van der Waals surface area contributed by atoms with E-state index in [0.29, 0.717) is 13.1 Å². The molecule has 2 aliphatic rings. The van der Waals surface area contributed by atoms with E-state index in [-0.39, 0.29) is 34.3 Å². The van der Waals surface area contributed by atoms with Crippen molar-refractivity contribution < 1.29 is 27.9 Å². The molecule has 3 atom stereocenters. The van der Waals surface area contributed by atoms with E-state index >= 15 is 0 Å². The number of thioether (sulfide) groups is 1. The van der Waals surface area contributed by atoms with E-state index in [2.05, 4.69) is 5.32 Å². The molecule has 2 fully saturated rings. The quantitative estimate of drug-likeness (QED) is 0.739. The lowest BCUT2D eigenvalue weighted by Crippen LogP contribution is -2.47. The Morgan fingerprint density at radius 1 is 1.22 bits per heavy atom. The zero-order chi connectivity index (χ0) is 20.0. The molecule has 0 bridgehead atoms. The first-order valence-electron chi connectivity index (χ1n) is 8.58. The van der Waals surface area contributed by atoms with Gasteiger partial charge in [-0.2, -0.15) is 13.2 Å². The molecule has 1 aromatic carbocycles. The van der Waals surface area contributed by atoms with E-state index < -0.39 is 23.4 Å². The fourth-order valence-corrected chi connectivity index (χ4v) is 4.71. The third-order valence-electron chi connectivity index (χ3n) is 5.01. The van der Waals surface area contributed by atoms with Crippen molar-refractivity contribution in [1.29, 1.82) is 0 Å². The summed E-state index contributed by atoms with van der Waals surface area (Å²) in [6, 6.07) is 5.39. The van der Waals surface area contributed by atoms with E-state index in [4.69, 9.17) is 5.11 Å². The van der Waals surface area contributed by atoms with Crippen molar-refractivity contribution >= 4 is 23.8 Å². The molecule has 0 aromatic heterocycles. The summed E-state index contributed by atoms with van der Waals surface area (Å²) < 4.78 is 39.3. The van der Waals surface area contributed by atoms with Gasteiger partial charge in [-0.3, -0.25) is 4.79 Å². The maximum Gasteiger partial charge on any atom is 0.417 e. The molecule has 3 rings (SSSR count). The Labute approximate surface area is 159 Å². The topological polar surface area (TPSA) is 69.6 Å². The minimum absolute atomic E-state index is 0.0514. The number of rotatable bonds is 5.